The molecule has 1 unspecified atom stereocenters. The quantitative estimate of drug-likeness (QED) is 0.0319. The highest BCUT2D eigenvalue weighted by molar-refractivity contribution is 6.20. The predicted octanol–water partition coefficient (Wildman–Crippen LogP) is 9.44. The lowest BCUT2D eigenvalue weighted by Gasteiger charge is -2.33. The van der Waals surface area contributed by atoms with Gasteiger partial charge < -0.3 is 18.9 Å². The van der Waals surface area contributed by atoms with Gasteiger partial charge in [-0.05, 0) is 32.1 Å². The Morgan fingerprint density at radius 1 is 0.400 bits per heavy atom. The molecule has 0 aliphatic heterocycles. The first-order valence-electron chi connectivity index (χ1n) is 18.6. The average Bonchev–Trinajstić information content (AvgIpc) is 3.03. The van der Waals surface area contributed by atoms with Crippen molar-refractivity contribution >= 4 is 23.9 Å². The second kappa shape index (κ2) is 29.3. The van der Waals surface area contributed by atoms with Crippen molar-refractivity contribution in [2.75, 3.05) is 26.4 Å². The summed E-state index contributed by atoms with van der Waals surface area (Å²) < 4.78 is 22.6. The molecule has 0 heterocycles. The fourth-order valence-corrected chi connectivity index (χ4v) is 5.41. The minimum absolute atomic E-state index is 0.0458. The van der Waals surface area contributed by atoms with Gasteiger partial charge in [0.15, 0.2) is 0 Å². The molecular weight excluding hydrogens is 572 g/mol. The van der Waals surface area contributed by atoms with E-state index in [9.17, 15) is 19.2 Å². The summed E-state index contributed by atoms with van der Waals surface area (Å²) in [5.74, 6) is -5.35. The van der Waals surface area contributed by atoms with E-state index in [1.165, 1.54) is 0 Å². The van der Waals surface area contributed by atoms with Crippen molar-refractivity contribution in [3.8, 4) is 0 Å². The maximum absolute atomic E-state index is 14.0. The fourth-order valence-electron chi connectivity index (χ4n) is 5.41. The highest BCUT2D eigenvalue weighted by Crippen LogP contribution is 2.38. The van der Waals surface area contributed by atoms with E-state index in [-0.39, 0.29) is 32.8 Å². The van der Waals surface area contributed by atoms with E-state index in [2.05, 4.69) is 27.7 Å². The van der Waals surface area contributed by atoms with E-state index in [4.69, 9.17) is 18.9 Å². The Labute approximate surface area is 275 Å². The van der Waals surface area contributed by atoms with Crippen molar-refractivity contribution in [3.63, 3.8) is 0 Å². The van der Waals surface area contributed by atoms with Crippen LogP contribution < -0.4 is 0 Å². The van der Waals surface area contributed by atoms with Gasteiger partial charge >= 0.3 is 23.9 Å². The summed E-state index contributed by atoms with van der Waals surface area (Å²) in [6.07, 6.45) is 19.2. The van der Waals surface area contributed by atoms with E-state index in [0.717, 1.165) is 103 Å². The van der Waals surface area contributed by atoms with Crippen LogP contribution in [0.1, 0.15) is 176 Å². The predicted molar refractivity (Wildman–Crippen MR) is 180 cm³/mol. The minimum atomic E-state index is -2.56. The molecule has 1 atom stereocenters. The van der Waals surface area contributed by atoms with E-state index >= 15 is 0 Å². The number of hydrogen-bond acceptors (Lipinski definition) is 8. The van der Waals surface area contributed by atoms with Gasteiger partial charge in [0.05, 0.1) is 32.3 Å². The van der Waals surface area contributed by atoms with Gasteiger partial charge in [-0.2, -0.15) is 0 Å². The van der Waals surface area contributed by atoms with Crippen LogP contribution in [-0.4, -0.2) is 50.3 Å². The molecule has 45 heavy (non-hydrogen) atoms. The molecule has 264 valence electrons. The lowest BCUT2D eigenvalue weighted by molar-refractivity contribution is -0.195. The number of rotatable bonds is 31. The van der Waals surface area contributed by atoms with Crippen LogP contribution in [0.25, 0.3) is 0 Å². The molecule has 0 spiro atoms. The first kappa shape index (κ1) is 42.9. The topological polar surface area (TPSA) is 105 Å². The summed E-state index contributed by atoms with van der Waals surface area (Å²) in [6, 6.07) is 0. The summed E-state index contributed by atoms with van der Waals surface area (Å²) in [4.78, 5) is 55.7. The van der Waals surface area contributed by atoms with Gasteiger partial charge in [-0.3, -0.25) is 19.2 Å². The van der Waals surface area contributed by atoms with Crippen LogP contribution >= 0.6 is 0 Å². The fraction of sp³-hybridized carbons (Fsp3) is 0.892. The first-order chi connectivity index (χ1) is 21.9. The monoisotopic (exact) mass is 640 g/mol. The number of carbonyl (C=O) groups excluding carboxylic acids is 4. The Bertz CT molecular complexity index is 696. The number of ether oxygens (including phenoxy) is 4. The molecule has 0 aromatic heterocycles. The van der Waals surface area contributed by atoms with Gasteiger partial charge in [0, 0.05) is 0 Å². The maximum atomic E-state index is 14.0. The van der Waals surface area contributed by atoms with Crippen LogP contribution in [0.15, 0.2) is 0 Å². The lowest BCUT2D eigenvalue weighted by Crippen LogP contribution is -2.57. The zero-order chi connectivity index (χ0) is 33.6. The summed E-state index contributed by atoms with van der Waals surface area (Å²) >= 11 is 0. The van der Waals surface area contributed by atoms with E-state index in [1.54, 1.807) is 0 Å². The zero-order valence-corrected chi connectivity index (χ0v) is 29.7. The molecule has 0 aromatic rings. The third-order valence-electron chi connectivity index (χ3n) is 8.29. The summed E-state index contributed by atoms with van der Waals surface area (Å²) in [6.45, 7) is 10.6. The molecule has 8 nitrogen and oxygen atoms in total. The normalized spacial score (nSPS) is 12.0. The third kappa shape index (κ3) is 18.0. The number of unbranched alkanes of at least 4 members (excludes halogenated alkanes) is 16. The van der Waals surface area contributed by atoms with Crippen molar-refractivity contribution in [1.29, 1.82) is 0 Å². The van der Waals surface area contributed by atoms with Crippen molar-refractivity contribution in [2.24, 2.45) is 11.3 Å². The molecule has 0 saturated carbocycles. The number of hydrogen-bond donors (Lipinski definition) is 0. The molecule has 0 fully saturated rings. The van der Waals surface area contributed by atoms with Crippen LogP contribution in [0.5, 0.6) is 0 Å². The summed E-state index contributed by atoms with van der Waals surface area (Å²) in [7, 11) is 0. The molecule has 0 radical (unpaired) electrons. The Morgan fingerprint density at radius 2 is 0.689 bits per heavy atom. The largest absolute Gasteiger partial charge is 0.465 e. The Morgan fingerprint density at radius 3 is 0.978 bits per heavy atom. The summed E-state index contributed by atoms with van der Waals surface area (Å²) in [5.41, 5.74) is -2.56. The van der Waals surface area contributed by atoms with E-state index in [0.29, 0.717) is 32.1 Å². The Kier molecular flexibility index (Phi) is 27.9. The molecule has 0 amide bonds. The van der Waals surface area contributed by atoms with Crippen LogP contribution in [0.4, 0.5) is 0 Å². The maximum Gasteiger partial charge on any atom is 0.336 e. The third-order valence-corrected chi connectivity index (χ3v) is 8.29. The van der Waals surface area contributed by atoms with E-state index < -0.39 is 35.2 Å². The molecule has 0 bridgehead atoms. The molecule has 0 aromatic carbocycles. The van der Waals surface area contributed by atoms with Gasteiger partial charge in [-0.1, -0.05) is 144 Å². The molecule has 0 N–H and O–H groups in total. The smallest absolute Gasteiger partial charge is 0.336 e. The second-order valence-electron chi connectivity index (χ2n) is 12.4. The van der Waals surface area contributed by atoms with Crippen LogP contribution in [0, 0.1) is 11.3 Å². The summed E-state index contributed by atoms with van der Waals surface area (Å²) in [5, 5.41) is 0. The second-order valence-corrected chi connectivity index (χ2v) is 12.4. The van der Waals surface area contributed by atoms with Crippen LogP contribution in [-0.2, 0) is 38.1 Å². The lowest BCUT2D eigenvalue weighted by atomic mass is 9.72. The molecule has 0 aliphatic carbocycles. The molecule has 0 rings (SSSR count). The van der Waals surface area contributed by atoms with Crippen molar-refractivity contribution < 1.29 is 38.1 Å². The van der Waals surface area contributed by atoms with Gasteiger partial charge in [0.2, 0.25) is 0 Å². The average molecular weight is 641 g/mol. The Hall–Kier alpha value is -2.12. The number of esters is 4. The highest BCUT2D eigenvalue weighted by atomic mass is 16.6. The van der Waals surface area contributed by atoms with Gasteiger partial charge in [-0.25, -0.2) is 0 Å². The molecule has 0 saturated heterocycles. The standard InChI is InChI=1S/C37H68O8/c1-6-11-15-19-23-28-42-33(38)32(27-10-5)37(34(39)43-29-24-20-16-12-7-2,35(40)44-30-25-21-17-13-8-3)36(41)45-31-26-22-18-14-9-4/h32H,6-31H2,1-5H3. The molecule has 8 heteroatoms. The van der Waals surface area contributed by atoms with Gasteiger partial charge in [-0.15, -0.1) is 0 Å². The first-order valence-corrected chi connectivity index (χ1v) is 18.6. The van der Waals surface area contributed by atoms with Gasteiger partial charge in [0.1, 0.15) is 0 Å². The van der Waals surface area contributed by atoms with Crippen molar-refractivity contribution in [2.45, 2.75) is 176 Å². The minimum Gasteiger partial charge on any atom is -0.465 e. The SMILES string of the molecule is CCCCCCCOC(=O)C(CCC)C(C(=O)OCCCCCCC)(C(=O)OCCCCCCC)C(=O)OCCCCCCC. The molecular formula is C37H68O8. The number of carbonyl (C=O) groups is 4. The highest BCUT2D eigenvalue weighted by Gasteiger charge is 2.65. The molecule has 0 aliphatic rings. The van der Waals surface area contributed by atoms with Crippen molar-refractivity contribution in [3.05, 3.63) is 0 Å². The van der Waals surface area contributed by atoms with E-state index in [1.807, 2.05) is 6.92 Å². The van der Waals surface area contributed by atoms with Gasteiger partial charge in [0.25, 0.3) is 5.41 Å². The van der Waals surface area contributed by atoms with Crippen LogP contribution in [0.3, 0.4) is 0 Å². The zero-order valence-electron chi connectivity index (χ0n) is 29.7. The Balaban J connectivity index is 6.22. The van der Waals surface area contributed by atoms with Crippen LogP contribution in [0.2, 0.25) is 0 Å². The van der Waals surface area contributed by atoms with Crippen molar-refractivity contribution in [1.82, 2.24) is 0 Å².